The smallest absolute Gasteiger partial charge is 0.311 e. The van der Waals surface area contributed by atoms with Crippen molar-refractivity contribution < 1.29 is 19.1 Å². The maximum Gasteiger partial charge on any atom is 0.311 e. The molecule has 2 rings (SSSR count). The van der Waals surface area contributed by atoms with Crippen molar-refractivity contribution in [1.29, 1.82) is 0 Å². The van der Waals surface area contributed by atoms with Gasteiger partial charge in [0, 0.05) is 22.2 Å². The van der Waals surface area contributed by atoms with Crippen LogP contribution in [-0.4, -0.2) is 64.8 Å². The topological polar surface area (TPSA) is 59.1 Å². The van der Waals surface area contributed by atoms with E-state index in [4.69, 9.17) is 9.47 Å². The van der Waals surface area contributed by atoms with Gasteiger partial charge in [-0.05, 0) is 95.2 Å². The monoisotopic (exact) mass is 410 g/mol. The standard InChI is InChI=1S/C23H42N2O4/c1-20(2)11-16(12-21(3,4)24(20)9)18(26)28-15-29-19(27)17-13-22(5,6)25(10)23(7,8)14-17/h16-17H,11-15H2,1-10H3. The first kappa shape index (κ1) is 24.1. The normalized spacial score (nSPS) is 27.4. The highest BCUT2D eigenvalue weighted by molar-refractivity contribution is 5.74. The molecule has 2 saturated heterocycles. The zero-order chi connectivity index (χ0) is 22.4. The quantitative estimate of drug-likeness (QED) is 0.519. The van der Waals surface area contributed by atoms with Crippen LogP contribution < -0.4 is 0 Å². The van der Waals surface area contributed by atoms with Gasteiger partial charge >= 0.3 is 11.9 Å². The number of carbonyl (C=O) groups excluding carboxylic acids is 2. The first-order chi connectivity index (χ1) is 13.0. The van der Waals surface area contributed by atoms with Crippen LogP contribution in [0.1, 0.15) is 81.1 Å². The third kappa shape index (κ3) is 5.13. The fraction of sp³-hybridized carbons (Fsp3) is 0.913. The molecule has 0 spiro atoms. The van der Waals surface area contributed by atoms with Gasteiger partial charge in [0.1, 0.15) is 0 Å². The summed E-state index contributed by atoms with van der Waals surface area (Å²) in [4.78, 5) is 30.0. The molecule has 0 saturated carbocycles. The van der Waals surface area contributed by atoms with E-state index < -0.39 is 0 Å². The lowest BCUT2D eigenvalue weighted by atomic mass is 9.74. The Kier molecular flexibility index (Phi) is 6.53. The summed E-state index contributed by atoms with van der Waals surface area (Å²) in [6.45, 7) is 16.9. The molecular formula is C23H42N2O4. The second kappa shape index (κ2) is 7.84. The average molecular weight is 411 g/mol. The second-order valence-corrected chi connectivity index (χ2v) is 11.6. The van der Waals surface area contributed by atoms with Crippen molar-refractivity contribution in [1.82, 2.24) is 9.80 Å². The van der Waals surface area contributed by atoms with E-state index in [9.17, 15) is 9.59 Å². The number of hydrogen-bond donors (Lipinski definition) is 0. The summed E-state index contributed by atoms with van der Waals surface area (Å²) in [6.07, 6.45) is 2.93. The van der Waals surface area contributed by atoms with Crippen LogP contribution in [0, 0.1) is 11.8 Å². The first-order valence-electron chi connectivity index (χ1n) is 10.8. The Hall–Kier alpha value is -1.14. The van der Waals surface area contributed by atoms with Crippen molar-refractivity contribution in [2.45, 2.75) is 103 Å². The lowest BCUT2D eigenvalue weighted by Crippen LogP contribution is -2.59. The fourth-order valence-electron chi connectivity index (χ4n) is 5.46. The predicted molar refractivity (Wildman–Crippen MR) is 114 cm³/mol. The molecule has 2 aliphatic heterocycles. The lowest BCUT2D eigenvalue weighted by molar-refractivity contribution is -0.180. The summed E-state index contributed by atoms with van der Waals surface area (Å²) in [5.74, 6) is -0.903. The van der Waals surface area contributed by atoms with E-state index in [-0.39, 0.29) is 52.7 Å². The van der Waals surface area contributed by atoms with Crippen molar-refractivity contribution in [3.05, 3.63) is 0 Å². The van der Waals surface area contributed by atoms with Crippen LogP contribution in [0.3, 0.4) is 0 Å². The molecule has 0 aromatic rings. The molecule has 0 radical (unpaired) electrons. The number of carbonyl (C=O) groups is 2. The van der Waals surface area contributed by atoms with Crippen LogP contribution >= 0.6 is 0 Å². The van der Waals surface area contributed by atoms with Gasteiger partial charge in [-0.25, -0.2) is 0 Å². The van der Waals surface area contributed by atoms with E-state index >= 15 is 0 Å². The largest absolute Gasteiger partial charge is 0.428 e. The highest BCUT2D eigenvalue weighted by Crippen LogP contribution is 2.41. The molecule has 0 aromatic carbocycles. The lowest BCUT2D eigenvalue weighted by Gasteiger charge is -2.53. The molecule has 0 atom stereocenters. The van der Waals surface area contributed by atoms with Gasteiger partial charge in [0.2, 0.25) is 6.79 Å². The van der Waals surface area contributed by atoms with E-state index in [2.05, 4.69) is 79.3 Å². The van der Waals surface area contributed by atoms with Gasteiger partial charge in [0.15, 0.2) is 0 Å². The molecule has 0 unspecified atom stereocenters. The van der Waals surface area contributed by atoms with Crippen LogP contribution in [0.2, 0.25) is 0 Å². The zero-order valence-corrected chi connectivity index (χ0v) is 20.2. The molecule has 2 heterocycles. The number of likely N-dealkylation sites (tertiary alicyclic amines) is 2. The maximum atomic E-state index is 12.6. The van der Waals surface area contributed by atoms with Crippen LogP contribution in [0.5, 0.6) is 0 Å². The van der Waals surface area contributed by atoms with Gasteiger partial charge < -0.3 is 9.47 Å². The average Bonchev–Trinajstić information content (AvgIpc) is 2.56. The van der Waals surface area contributed by atoms with Gasteiger partial charge in [-0.1, -0.05) is 0 Å². The Morgan fingerprint density at radius 1 is 0.655 bits per heavy atom. The van der Waals surface area contributed by atoms with Gasteiger partial charge in [-0.15, -0.1) is 0 Å². The van der Waals surface area contributed by atoms with E-state index in [1.54, 1.807) is 0 Å². The Balaban J connectivity index is 1.90. The molecule has 0 bridgehead atoms. The van der Waals surface area contributed by atoms with E-state index in [0.29, 0.717) is 0 Å². The Labute approximate surface area is 177 Å². The Morgan fingerprint density at radius 3 is 1.14 bits per heavy atom. The molecule has 0 N–H and O–H groups in total. The van der Waals surface area contributed by atoms with Crippen molar-refractivity contribution >= 4 is 11.9 Å². The summed E-state index contributed by atoms with van der Waals surface area (Å²) in [7, 11) is 4.21. The van der Waals surface area contributed by atoms with Crippen LogP contribution in [-0.2, 0) is 19.1 Å². The minimum Gasteiger partial charge on any atom is -0.428 e. The van der Waals surface area contributed by atoms with Crippen LogP contribution in [0.15, 0.2) is 0 Å². The highest BCUT2D eigenvalue weighted by Gasteiger charge is 2.47. The third-order valence-corrected chi connectivity index (χ3v) is 7.68. The third-order valence-electron chi connectivity index (χ3n) is 7.68. The minimum absolute atomic E-state index is 0.0899. The van der Waals surface area contributed by atoms with Crippen molar-refractivity contribution in [3.63, 3.8) is 0 Å². The molecule has 29 heavy (non-hydrogen) atoms. The Bertz CT molecular complexity index is 549. The van der Waals surface area contributed by atoms with E-state index in [1.807, 2.05) is 0 Å². The SMILES string of the molecule is CN1C(C)(C)CC(C(=O)OCOC(=O)C2CC(C)(C)N(C)C(C)(C)C2)CC1(C)C. The van der Waals surface area contributed by atoms with Gasteiger partial charge in [0.05, 0.1) is 11.8 Å². The molecule has 0 aliphatic carbocycles. The van der Waals surface area contributed by atoms with E-state index in [0.717, 1.165) is 25.7 Å². The summed E-state index contributed by atoms with van der Waals surface area (Å²) in [6, 6.07) is 0. The summed E-state index contributed by atoms with van der Waals surface area (Å²) >= 11 is 0. The van der Waals surface area contributed by atoms with Crippen molar-refractivity contribution in [3.8, 4) is 0 Å². The maximum absolute atomic E-state index is 12.6. The number of rotatable bonds is 4. The van der Waals surface area contributed by atoms with Gasteiger partial charge in [-0.3, -0.25) is 19.4 Å². The zero-order valence-electron chi connectivity index (χ0n) is 20.2. The molecule has 2 aliphatic rings. The van der Waals surface area contributed by atoms with Crippen molar-refractivity contribution in [2.24, 2.45) is 11.8 Å². The highest BCUT2D eigenvalue weighted by atomic mass is 16.7. The molecular weight excluding hydrogens is 368 g/mol. The van der Waals surface area contributed by atoms with Crippen LogP contribution in [0.25, 0.3) is 0 Å². The summed E-state index contributed by atoms with van der Waals surface area (Å²) in [5, 5.41) is 0. The Morgan fingerprint density at radius 2 is 0.897 bits per heavy atom. The number of nitrogens with zero attached hydrogens (tertiary/aromatic N) is 2. The number of piperidine rings is 2. The summed E-state index contributed by atoms with van der Waals surface area (Å²) < 4.78 is 10.8. The van der Waals surface area contributed by atoms with Gasteiger partial charge in [-0.2, -0.15) is 0 Å². The van der Waals surface area contributed by atoms with Crippen molar-refractivity contribution in [2.75, 3.05) is 20.9 Å². The molecule has 6 nitrogen and oxygen atoms in total. The van der Waals surface area contributed by atoms with Gasteiger partial charge in [0.25, 0.3) is 0 Å². The van der Waals surface area contributed by atoms with Crippen LogP contribution in [0.4, 0.5) is 0 Å². The fourth-order valence-corrected chi connectivity index (χ4v) is 5.46. The first-order valence-corrected chi connectivity index (χ1v) is 10.8. The molecule has 6 heteroatoms. The minimum atomic E-state index is -0.294. The molecule has 168 valence electrons. The molecule has 0 amide bonds. The number of ether oxygens (including phenoxy) is 2. The molecule has 2 fully saturated rings. The van der Waals surface area contributed by atoms with E-state index in [1.165, 1.54) is 0 Å². The molecule has 0 aromatic heterocycles. The second-order valence-electron chi connectivity index (χ2n) is 11.6. The predicted octanol–water partition coefficient (Wildman–Crippen LogP) is 3.83. The number of hydrogen-bond acceptors (Lipinski definition) is 6. The number of esters is 2. The summed E-state index contributed by atoms with van der Waals surface area (Å²) in [5.41, 5.74) is -0.360.